The molecule has 1 aliphatic rings. The summed E-state index contributed by atoms with van der Waals surface area (Å²) in [4.78, 5) is 24.2. The number of hydrogen-bond donors (Lipinski definition) is 1. The summed E-state index contributed by atoms with van der Waals surface area (Å²) in [5.41, 5.74) is 2.96. The van der Waals surface area contributed by atoms with Crippen LogP contribution in [0.15, 0.2) is 30.3 Å². The third-order valence-electron chi connectivity index (χ3n) is 3.70. The minimum absolute atomic E-state index is 0.130. The molecular formula is C18H16INO5. The maximum atomic E-state index is 12.1. The van der Waals surface area contributed by atoms with Gasteiger partial charge in [-0.3, -0.25) is 4.79 Å². The van der Waals surface area contributed by atoms with Gasteiger partial charge in [0, 0.05) is 9.26 Å². The minimum atomic E-state index is -0.593. The van der Waals surface area contributed by atoms with Gasteiger partial charge in [-0.1, -0.05) is 0 Å². The summed E-state index contributed by atoms with van der Waals surface area (Å²) in [5, 5.41) is 2.79. The summed E-state index contributed by atoms with van der Waals surface area (Å²) >= 11 is 2.22. The Kier molecular flexibility index (Phi) is 5.12. The smallest absolute Gasteiger partial charge is 0.338 e. The number of fused-ring (bicyclic) bond motifs is 1. The first kappa shape index (κ1) is 17.5. The molecule has 2 aromatic carbocycles. The monoisotopic (exact) mass is 453 g/mol. The summed E-state index contributed by atoms with van der Waals surface area (Å²) < 4.78 is 16.6. The van der Waals surface area contributed by atoms with E-state index in [0.29, 0.717) is 17.1 Å². The Bertz CT molecular complexity index is 826. The number of carbonyl (C=O) groups is 2. The zero-order valence-corrected chi connectivity index (χ0v) is 15.9. The van der Waals surface area contributed by atoms with Crippen molar-refractivity contribution in [2.45, 2.75) is 13.8 Å². The van der Waals surface area contributed by atoms with Crippen LogP contribution in [0.3, 0.4) is 0 Å². The lowest BCUT2D eigenvalue weighted by atomic mass is 10.1. The molecule has 0 atom stereocenters. The number of ether oxygens (including phenoxy) is 3. The van der Waals surface area contributed by atoms with Crippen LogP contribution in [0.2, 0.25) is 0 Å². The molecule has 1 aliphatic heterocycles. The Balaban J connectivity index is 1.60. The first-order valence-corrected chi connectivity index (χ1v) is 8.65. The highest BCUT2D eigenvalue weighted by molar-refractivity contribution is 14.1. The predicted molar refractivity (Wildman–Crippen MR) is 100 cm³/mol. The standard InChI is InChI=1S/C18H16INO5/c1-10-5-13(19)6-11(2)17(10)20-16(21)8-23-18(22)12-3-4-14-15(7-12)25-9-24-14/h3-7H,8-9H2,1-2H3,(H,20,21). The molecule has 130 valence electrons. The van der Waals surface area contributed by atoms with E-state index in [1.807, 2.05) is 26.0 Å². The maximum absolute atomic E-state index is 12.1. The summed E-state index contributed by atoms with van der Waals surface area (Å²) in [6.45, 7) is 3.61. The fourth-order valence-corrected chi connectivity index (χ4v) is 3.46. The molecule has 1 N–H and O–H groups in total. The van der Waals surface area contributed by atoms with E-state index in [2.05, 4.69) is 27.9 Å². The van der Waals surface area contributed by atoms with Crippen LogP contribution in [0.5, 0.6) is 11.5 Å². The molecule has 6 nitrogen and oxygen atoms in total. The lowest BCUT2D eigenvalue weighted by molar-refractivity contribution is -0.119. The van der Waals surface area contributed by atoms with Crippen molar-refractivity contribution in [3.63, 3.8) is 0 Å². The van der Waals surface area contributed by atoms with Gasteiger partial charge in [0.25, 0.3) is 5.91 Å². The molecule has 0 aliphatic carbocycles. The summed E-state index contributed by atoms with van der Waals surface area (Å²) in [6.07, 6.45) is 0. The topological polar surface area (TPSA) is 73.9 Å². The second-order valence-corrected chi connectivity index (χ2v) is 6.85. The van der Waals surface area contributed by atoms with E-state index in [1.165, 1.54) is 6.07 Å². The van der Waals surface area contributed by atoms with Crippen molar-refractivity contribution in [2.24, 2.45) is 0 Å². The number of nitrogens with one attached hydrogen (secondary N) is 1. The second-order valence-electron chi connectivity index (χ2n) is 5.61. The van der Waals surface area contributed by atoms with Gasteiger partial charge in [0.15, 0.2) is 18.1 Å². The van der Waals surface area contributed by atoms with Crippen LogP contribution in [-0.4, -0.2) is 25.3 Å². The molecule has 25 heavy (non-hydrogen) atoms. The Hall–Kier alpha value is -2.29. The number of anilines is 1. The summed E-state index contributed by atoms with van der Waals surface area (Å²) in [6, 6.07) is 8.69. The van der Waals surface area contributed by atoms with Gasteiger partial charge in [-0.15, -0.1) is 0 Å². The average molecular weight is 453 g/mol. The zero-order valence-electron chi connectivity index (χ0n) is 13.7. The number of aryl methyl sites for hydroxylation is 2. The maximum Gasteiger partial charge on any atom is 0.338 e. The average Bonchev–Trinajstić information content (AvgIpc) is 3.03. The van der Waals surface area contributed by atoms with Crippen molar-refractivity contribution < 1.29 is 23.8 Å². The molecule has 0 unspecified atom stereocenters. The van der Waals surface area contributed by atoms with E-state index in [-0.39, 0.29) is 19.3 Å². The highest BCUT2D eigenvalue weighted by Crippen LogP contribution is 2.32. The largest absolute Gasteiger partial charge is 0.454 e. The molecule has 7 heteroatoms. The highest BCUT2D eigenvalue weighted by Gasteiger charge is 2.18. The fraction of sp³-hybridized carbons (Fsp3) is 0.222. The number of esters is 1. The van der Waals surface area contributed by atoms with Crippen LogP contribution in [0.25, 0.3) is 0 Å². The van der Waals surface area contributed by atoms with E-state index < -0.39 is 5.97 Å². The van der Waals surface area contributed by atoms with Crippen molar-refractivity contribution >= 4 is 40.2 Å². The number of rotatable bonds is 4. The van der Waals surface area contributed by atoms with E-state index in [4.69, 9.17) is 14.2 Å². The van der Waals surface area contributed by atoms with E-state index in [0.717, 1.165) is 20.4 Å². The third kappa shape index (κ3) is 4.04. The highest BCUT2D eigenvalue weighted by atomic mass is 127. The molecule has 3 rings (SSSR count). The van der Waals surface area contributed by atoms with Crippen molar-refractivity contribution in [1.82, 2.24) is 0 Å². The first-order chi connectivity index (χ1) is 11.9. The normalized spacial score (nSPS) is 12.0. The van der Waals surface area contributed by atoms with E-state index in [9.17, 15) is 9.59 Å². The van der Waals surface area contributed by atoms with Crippen molar-refractivity contribution in [1.29, 1.82) is 0 Å². The number of amides is 1. The molecule has 1 heterocycles. The second kappa shape index (κ2) is 7.30. The predicted octanol–water partition coefficient (Wildman–Crippen LogP) is 3.43. The molecule has 0 bridgehead atoms. The molecule has 0 saturated carbocycles. The van der Waals surface area contributed by atoms with Crippen LogP contribution in [0, 0.1) is 17.4 Å². The van der Waals surface area contributed by atoms with Gasteiger partial charge in [0.2, 0.25) is 6.79 Å². The molecular weight excluding hydrogens is 437 g/mol. The van der Waals surface area contributed by atoms with Crippen LogP contribution < -0.4 is 14.8 Å². The third-order valence-corrected chi connectivity index (χ3v) is 4.33. The molecule has 1 amide bonds. The Morgan fingerprint density at radius 3 is 2.52 bits per heavy atom. The van der Waals surface area contributed by atoms with Crippen LogP contribution in [0.4, 0.5) is 5.69 Å². The van der Waals surface area contributed by atoms with Crippen LogP contribution in [0.1, 0.15) is 21.5 Å². The van der Waals surface area contributed by atoms with Gasteiger partial charge in [-0.2, -0.15) is 0 Å². The van der Waals surface area contributed by atoms with Crippen molar-refractivity contribution in [3.05, 3.63) is 50.6 Å². The SMILES string of the molecule is Cc1cc(I)cc(C)c1NC(=O)COC(=O)c1ccc2c(c1)OCO2. The molecule has 0 fully saturated rings. The fourth-order valence-electron chi connectivity index (χ4n) is 2.52. The Morgan fingerprint density at radius 1 is 1.12 bits per heavy atom. The van der Waals surface area contributed by atoms with Crippen LogP contribution in [-0.2, 0) is 9.53 Å². The molecule has 0 radical (unpaired) electrons. The Labute approximate surface area is 158 Å². The van der Waals surface area contributed by atoms with Gasteiger partial charge in [0.05, 0.1) is 5.56 Å². The Morgan fingerprint density at radius 2 is 1.80 bits per heavy atom. The van der Waals surface area contributed by atoms with Gasteiger partial charge in [-0.25, -0.2) is 4.79 Å². The minimum Gasteiger partial charge on any atom is -0.454 e. The number of carbonyl (C=O) groups excluding carboxylic acids is 2. The van der Waals surface area contributed by atoms with Gasteiger partial charge in [0.1, 0.15) is 0 Å². The van der Waals surface area contributed by atoms with Gasteiger partial charge in [-0.05, 0) is 77.9 Å². The van der Waals surface area contributed by atoms with Crippen LogP contribution >= 0.6 is 22.6 Å². The van der Waals surface area contributed by atoms with E-state index >= 15 is 0 Å². The molecule has 2 aromatic rings. The molecule has 0 spiro atoms. The van der Waals surface area contributed by atoms with Crippen molar-refractivity contribution in [2.75, 3.05) is 18.7 Å². The number of hydrogen-bond acceptors (Lipinski definition) is 5. The quantitative estimate of drug-likeness (QED) is 0.568. The molecule has 0 aromatic heterocycles. The van der Waals surface area contributed by atoms with Gasteiger partial charge >= 0.3 is 5.97 Å². The summed E-state index contributed by atoms with van der Waals surface area (Å²) in [7, 11) is 0. The number of benzene rings is 2. The molecule has 0 saturated heterocycles. The first-order valence-electron chi connectivity index (χ1n) is 7.57. The van der Waals surface area contributed by atoms with Crippen molar-refractivity contribution in [3.8, 4) is 11.5 Å². The zero-order chi connectivity index (χ0) is 18.0. The van der Waals surface area contributed by atoms with Gasteiger partial charge < -0.3 is 19.5 Å². The summed E-state index contributed by atoms with van der Waals surface area (Å²) in [5.74, 6) is 0.0917. The lowest BCUT2D eigenvalue weighted by Gasteiger charge is -2.12. The van der Waals surface area contributed by atoms with E-state index in [1.54, 1.807) is 12.1 Å². The number of halogens is 1. The lowest BCUT2D eigenvalue weighted by Crippen LogP contribution is -2.22.